The molecule has 2 N–H and O–H groups in total. The van der Waals surface area contributed by atoms with Crippen molar-refractivity contribution in [3.05, 3.63) is 58.0 Å². The van der Waals surface area contributed by atoms with Gasteiger partial charge in [0.15, 0.2) is 11.6 Å². The highest BCUT2D eigenvalue weighted by Crippen LogP contribution is 2.29. The minimum atomic E-state index is -0.833. The molecule has 0 bridgehead atoms. The summed E-state index contributed by atoms with van der Waals surface area (Å²) >= 11 is 0. The van der Waals surface area contributed by atoms with Crippen LogP contribution in [0.3, 0.4) is 0 Å². The Morgan fingerprint density at radius 2 is 2.20 bits per heavy atom. The van der Waals surface area contributed by atoms with Crippen LogP contribution in [0.4, 0.5) is 10.1 Å². The molecule has 20 heavy (non-hydrogen) atoms. The number of benzene rings is 1. The van der Waals surface area contributed by atoms with Crippen molar-refractivity contribution in [2.45, 2.75) is 13.0 Å². The zero-order valence-electron chi connectivity index (χ0n) is 10.6. The Kier molecular flexibility index (Phi) is 3.90. The molecule has 0 saturated carbocycles. The predicted octanol–water partition coefficient (Wildman–Crippen LogP) is 2.94. The van der Waals surface area contributed by atoms with E-state index >= 15 is 0 Å². The molecule has 7 heteroatoms. The SMILES string of the molecule is CC(N)c1cccnc1Oc1ccc([N+](=O)[O-])cc1F. The number of non-ortho nitro benzene ring substituents is 1. The van der Waals surface area contributed by atoms with Crippen molar-refractivity contribution in [1.29, 1.82) is 0 Å². The van der Waals surface area contributed by atoms with E-state index in [4.69, 9.17) is 10.5 Å². The monoisotopic (exact) mass is 277 g/mol. The topological polar surface area (TPSA) is 91.3 Å². The Morgan fingerprint density at radius 3 is 2.80 bits per heavy atom. The lowest BCUT2D eigenvalue weighted by Crippen LogP contribution is -2.07. The second-order valence-electron chi connectivity index (χ2n) is 4.16. The van der Waals surface area contributed by atoms with Crippen LogP contribution in [0.15, 0.2) is 36.5 Å². The molecule has 0 fully saturated rings. The average molecular weight is 277 g/mol. The number of hydrogen-bond donors (Lipinski definition) is 1. The molecule has 1 atom stereocenters. The van der Waals surface area contributed by atoms with Gasteiger partial charge in [-0.25, -0.2) is 9.37 Å². The van der Waals surface area contributed by atoms with Crippen molar-refractivity contribution < 1.29 is 14.1 Å². The largest absolute Gasteiger partial charge is 0.436 e. The van der Waals surface area contributed by atoms with Gasteiger partial charge in [0.1, 0.15) is 0 Å². The van der Waals surface area contributed by atoms with E-state index in [1.54, 1.807) is 19.1 Å². The fourth-order valence-corrected chi connectivity index (χ4v) is 1.63. The van der Waals surface area contributed by atoms with Crippen LogP contribution in [0.2, 0.25) is 0 Å². The molecule has 2 aromatic rings. The van der Waals surface area contributed by atoms with E-state index in [1.165, 1.54) is 12.3 Å². The fourth-order valence-electron chi connectivity index (χ4n) is 1.63. The second kappa shape index (κ2) is 5.62. The van der Waals surface area contributed by atoms with E-state index in [9.17, 15) is 14.5 Å². The van der Waals surface area contributed by atoms with Crippen molar-refractivity contribution in [2.75, 3.05) is 0 Å². The molecule has 0 amide bonds. The first kappa shape index (κ1) is 13.9. The number of nitrogens with zero attached hydrogens (tertiary/aromatic N) is 2. The third-order valence-corrected chi connectivity index (χ3v) is 2.62. The highest BCUT2D eigenvalue weighted by Gasteiger charge is 2.15. The molecule has 6 nitrogen and oxygen atoms in total. The van der Waals surface area contributed by atoms with Crippen LogP contribution >= 0.6 is 0 Å². The molecular weight excluding hydrogens is 265 g/mol. The summed E-state index contributed by atoms with van der Waals surface area (Å²) in [5.41, 5.74) is 6.04. The summed E-state index contributed by atoms with van der Waals surface area (Å²) in [4.78, 5) is 13.8. The number of rotatable bonds is 4. The molecule has 0 spiro atoms. The number of nitro groups is 1. The average Bonchev–Trinajstić information content (AvgIpc) is 2.41. The quantitative estimate of drug-likeness (QED) is 0.685. The van der Waals surface area contributed by atoms with Gasteiger partial charge in [-0.2, -0.15) is 0 Å². The molecule has 0 saturated heterocycles. The van der Waals surface area contributed by atoms with Gasteiger partial charge in [-0.1, -0.05) is 6.07 Å². The van der Waals surface area contributed by atoms with Gasteiger partial charge in [0, 0.05) is 23.9 Å². The Balaban J connectivity index is 2.33. The van der Waals surface area contributed by atoms with Crippen molar-refractivity contribution in [1.82, 2.24) is 4.98 Å². The second-order valence-corrected chi connectivity index (χ2v) is 4.16. The number of ether oxygens (including phenoxy) is 1. The summed E-state index contributed by atoms with van der Waals surface area (Å²) in [5.74, 6) is -0.799. The van der Waals surface area contributed by atoms with E-state index in [1.807, 2.05) is 0 Å². The standard InChI is InChI=1S/C13H12FN3O3/c1-8(15)10-3-2-6-16-13(10)20-12-5-4-9(17(18)19)7-11(12)14/h2-8H,15H2,1H3. The summed E-state index contributed by atoms with van der Waals surface area (Å²) < 4.78 is 19.1. The summed E-state index contributed by atoms with van der Waals surface area (Å²) in [6.45, 7) is 1.75. The minimum Gasteiger partial charge on any atom is -0.436 e. The lowest BCUT2D eigenvalue weighted by molar-refractivity contribution is -0.385. The molecule has 104 valence electrons. The molecular formula is C13H12FN3O3. The number of hydrogen-bond acceptors (Lipinski definition) is 5. The molecule has 0 aliphatic carbocycles. The molecule has 1 heterocycles. The van der Waals surface area contributed by atoms with Crippen LogP contribution in [0, 0.1) is 15.9 Å². The molecule has 1 aromatic heterocycles. The summed E-state index contributed by atoms with van der Waals surface area (Å²) in [6.07, 6.45) is 1.49. The van der Waals surface area contributed by atoms with E-state index in [-0.39, 0.29) is 23.4 Å². The van der Waals surface area contributed by atoms with Crippen molar-refractivity contribution >= 4 is 5.69 Å². The number of nitro benzene ring substituents is 1. The number of pyridine rings is 1. The van der Waals surface area contributed by atoms with Crippen LogP contribution in [0.5, 0.6) is 11.6 Å². The molecule has 1 unspecified atom stereocenters. The van der Waals surface area contributed by atoms with Crippen LogP contribution in [-0.4, -0.2) is 9.91 Å². The van der Waals surface area contributed by atoms with Crippen LogP contribution in [0.1, 0.15) is 18.5 Å². The van der Waals surface area contributed by atoms with E-state index < -0.39 is 10.7 Å². The smallest absolute Gasteiger partial charge is 0.272 e. The highest BCUT2D eigenvalue weighted by atomic mass is 19.1. The maximum atomic E-state index is 13.7. The number of halogens is 1. The van der Waals surface area contributed by atoms with Crippen molar-refractivity contribution in [3.63, 3.8) is 0 Å². The van der Waals surface area contributed by atoms with E-state index in [0.29, 0.717) is 5.56 Å². The van der Waals surface area contributed by atoms with Gasteiger partial charge in [0.2, 0.25) is 5.88 Å². The van der Waals surface area contributed by atoms with Gasteiger partial charge in [-0.15, -0.1) is 0 Å². The maximum absolute atomic E-state index is 13.7. The normalized spacial score (nSPS) is 11.9. The summed E-state index contributed by atoms with van der Waals surface area (Å²) in [7, 11) is 0. The predicted molar refractivity (Wildman–Crippen MR) is 70.0 cm³/mol. The minimum absolute atomic E-state index is 0.142. The van der Waals surface area contributed by atoms with Gasteiger partial charge in [0.05, 0.1) is 11.0 Å². The number of aromatic nitrogens is 1. The first-order valence-electron chi connectivity index (χ1n) is 5.81. The summed E-state index contributed by atoms with van der Waals surface area (Å²) in [6, 6.07) is 6.22. The zero-order valence-corrected chi connectivity index (χ0v) is 10.6. The van der Waals surface area contributed by atoms with Gasteiger partial charge in [-0.3, -0.25) is 10.1 Å². The molecule has 2 rings (SSSR count). The van der Waals surface area contributed by atoms with E-state index in [0.717, 1.165) is 12.1 Å². The molecule has 0 aliphatic heterocycles. The van der Waals surface area contributed by atoms with Crippen molar-refractivity contribution in [3.8, 4) is 11.6 Å². The first-order chi connectivity index (χ1) is 9.49. The fraction of sp³-hybridized carbons (Fsp3) is 0.154. The van der Waals surface area contributed by atoms with Gasteiger partial charge in [0.25, 0.3) is 5.69 Å². The Morgan fingerprint density at radius 1 is 1.45 bits per heavy atom. The van der Waals surface area contributed by atoms with Gasteiger partial charge >= 0.3 is 0 Å². The Labute approximate surface area is 114 Å². The van der Waals surface area contributed by atoms with Crippen LogP contribution < -0.4 is 10.5 Å². The third-order valence-electron chi connectivity index (χ3n) is 2.62. The molecule has 0 radical (unpaired) electrons. The Hall–Kier alpha value is -2.54. The maximum Gasteiger partial charge on any atom is 0.272 e. The molecule has 1 aromatic carbocycles. The molecule has 0 aliphatic rings. The van der Waals surface area contributed by atoms with Crippen LogP contribution in [-0.2, 0) is 0 Å². The lowest BCUT2D eigenvalue weighted by Gasteiger charge is -2.12. The Bertz CT molecular complexity index is 647. The van der Waals surface area contributed by atoms with Gasteiger partial charge < -0.3 is 10.5 Å². The third kappa shape index (κ3) is 2.89. The van der Waals surface area contributed by atoms with Crippen molar-refractivity contribution in [2.24, 2.45) is 5.73 Å². The summed E-state index contributed by atoms with van der Waals surface area (Å²) in [5, 5.41) is 10.5. The number of nitrogens with two attached hydrogens (primary N) is 1. The highest BCUT2D eigenvalue weighted by molar-refractivity contribution is 5.40. The van der Waals surface area contributed by atoms with Gasteiger partial charge in [-0.05, 0) is 19.1 Å². The van der Waals surface area contributed by atoms with E-state index in [2.05, 4.69) is 4.98 Å². The van der Waals surface area contributed by atoms with Crippen LogP contribution in [0.25, 0.3) is 0 Å². The lowest BCUT2D eigenvalue weighted by atomic mass is 10.1. The first-order valence-corrected chi connectivity index (χ1v) is 5.81. The zero-order chi connectivity index (χ0) is 14.7.